The molecule has 3 rings (SSSR count). The van der Waals surface area contributed by atoms with Crippen LogP contribution in [0.2, 0.25) is 0 Å². The van der Waals surface area contributed by atoms with Crippen LogP contribution in [0.4, 0.5) is 0 Å². The van der Waals surface area contributed by atoms with E-state index in [0.717, 1.165) is 25.1 Å². The monoisotopic (exact) mass is 242 g/mol. The van der Waals surface area contributed by atoms with Crippen molar-refractivity contribution in [3.05, 3.63) is 57.8 Å². The van der Waals surface area contributed by atoms with Crippen molar-refractivity contribution in [2.24, 2.45) is 0 Å². The molecule has 0 atom stereocenters. The van der Waals surface area contributed by atoms with Gasteiger partial charge in [0.15, 0.2) is 0 Å². The summed E-state index contributed by atoms with van der Waals surface area (Å²) in [5.74, 6) is 0.641. The van der Waals surface area contributed by atoms with Gasteiger partial charge in [0, 0.05) is 23.5 Å². The molecule has 1 N–H and O–H groups in total. The Morgan fingerprint density at radius 3 is 2.82 bits per heavy atom. The summed E-state index contributed by atoms with van der Waals surface area (Å²) in [5, 5.41) is 10.4. The first-order valence-corrected chi connectivity index (χ1v) is 6.67. The molecule has 2 aromatic rings. The first kappa shape index (κ1) is 10.5. The molecular formula is C14H14N2S. The molecule has 0 saturated heterocycles. The van der Waals surface area contributed by atoms with Crippen LogP contribution in [-0.2, 0) is 13.0 Å². The van der Waals surface area contributed by atoms with E-state index in [1.165, 1.54) is 10.4 Å². The van der Waals surface area contributed by atoms with Crippen LogP contribution in [0.15, 0.2) is 41.8 Å². The summed E-state index contributed by atoms with van der Waals surface area (Å²) in [7, 11) is 0. The average Bonchev–Trinajstić information content (AvgIpc) is 2.86. The van der Waals surface area contributed by atoms with Crippen molar-refractivity contribution < 1.29 is 0 Å². The van der Waals surface area contributed by atoms with Crippen molar-refractivity contribution in [2.75, 3.05) is 6.54 Å². The maximum absolute atomic E-state index is 8.25. The lowest BCUT2D eigenvalue weighted by molar-refractivity contribution is 0.396. The Morgan fingerprint density at radius 2 is 2.00 bits per heavy atom. The Kier molecular flexibility index (Phi) is 2.69. The molecule has 0 bridgehead atoms. The van der Waals surface area contributed by atoms with Crippen molar-refractivity contribution >= 4 is 17.2 Å². The number of hydrogen-bond acceptors (Lipinski definition) is 2. The highest BCUT2D eigenvalue weighted by atomic mass is 32.1. The Morgan fingerprint density at radius 1 is 1.18 bits per heavy atom. The lowest BCUT2D eigenvalue weighted by Crippen LogP contribution is -2.35. The lowest BCUT2D eigenvalue weighted by atomic mass is 10.1. The predicted octanol–water partition coefficient (Wildman–Crippen LogP) is 3.13. The second-order valence-electron chi connectivity index (χ2n) is 4.26. The molecule has 1 aromatic carbocycles. The zero-order chi connectivity index (χ0) is 11.7. The van der Waals surface area contributed by atoms with Gasteiger partial charge in [0.1, 0.15) is 5.84 Å². The maximum Gasteiger partial charge on any atom is 0.128 e. The number of nitrogens with zero attached hydrogens (tertiary/aromatic N) is 1. The van der Waals surface area contributed by atoms with Crippen molar-refractivity contribution in [1.29, 1.82) is 5.41 Å². The Hall–Kier alpha value is -1.61. The third-order valence-electron chi connectivity index (χ3n) is 3.17. The fourth-order valence-corrected chi connectivity index (χ4v) is 3.11. The van der Waals surface area contributed by atoms with Gasteiger partial charge < -0.3 is 4.90 Å². The summed E-state index contributed by atoms with van der Waals surface area (Å²) in [6, 6.07) is 12.2. The fraction of sp³-hybridized carbons (Fsp3) is 0.214. The second-order valence-corrected chi connectivity index (χ2v) is 5.26. The number of amidine groups is 1. The summed E-state index contributed by atoms with van der Waals surface area (Å²) >= 11 is 1.84. The van der Waals surface area contributed by atoms with Gasteiger partial charge in [0.2, 0.25) is 0 Å². The molecule has 0 saturated carbocycles. The largest absolute Gasteiger partial charge is 0.352 e. The van der Waals surface area contributed by atoms with E-state index >= 15 is 0 Å². The SMILES string of the molecule is N=C(c1ccccc1)N1CCc2sccc2C1. The van der Waals surface area contributed by atoms with Gasteiger partial charge >= 0.3 is 0 Å². The zero-order valence-corrected chi connectivity index (χ0v) is 10.3. The summed E-state index contributed by atoms with van der Waals surface area (Å²) in [5.41, 5.74) is 2.40. The molecule has 0 fully saturated rings. The highest BCUT2D eigenvalue weighted by Gasteiger charge is 2.19. The van der Waals surface area contributed by atoms with Gasteiger partial charge in [-0.05, 0) is 23.4 Å². The summed E-state index contributed by atoms with van der Waals surface area (Å²) in [6.45, 7) is 1.84. The minimum atomic E-state index is 0.641. The molecule has 1 aromatic heterocycles. The van der Waals surface area contributed by atoms with Gasteiger partial charge in [0.05, 0.1) is 0 Å². The topological polar surface area (TPSA) is 27.1 Å². The van der Waals surface area contributed by atoms with Crippen molar-refractivity contribution in [1.82, 2.24) is 4.90 Å². The quantitative estimate of drug-likeness (QED) is 0.603. The van der Waals surface area contributed by atoms with Gasteiger partial charge in [-0.3, -0.25) is 5.41 Å². The van der Waals surface area contributed by atoms with Crippen LogP contribution in [0, 0.1) is 5.41 Å². The van der Waals surface area contributed by atoms with Crippen LogP contribution >= 0.6 is 11.3 Å². The van der Waals surface area contributed by atoms with E-state index in [2.05, 4.69) is 16.3 Å². The van der Waals surface area contributed by atoms with Crippen LogP contribution in [-0.4, -0.2) is 17.3 Å². The molecule has 0 unspecified atom stereocenters. The van der Waals surface area contributed by atoms with Gasteiger partial charge in [-0.15, -0.1) is 11.3 Å². The Balaban J connectivity index is 1.81. The fourth-order valence-electron chi connectivity index (χ4n) is 2.22. The number of hydrogen-bond donors (Lipinski definition) is 1. The normalized spacial score (nSPS) is 14.5. The van der Waals surface area contributed by atoms with Gasteiger partial charge in [-0.2, -0.15) is 0 Å². The van der Waals surface area contributed by atoms with Crippen molar-refractivity contribution in [3.8, 4) is 0 Å². The molecule has 2 nitrogen and oxygen atoms in total. The molecule has 1 aliphatic heterocycles. The zero-order valence-electron chi connectivity index (χ0n) is 9.52. The molecule has 0 aliphatic carbocycles. The third-order valence-corrected chi connectivity index (χ3v) is 4.19. The van der Waals surface area contributed by atoms with Crippen molar-refractivity contribution in [2.45, 2.75) is 13.0 Å². The van der Waals surface area contributed by atoms with Crippen molar-refractivity contribution in [3.63, 3.8) is 0 Å². The molecule has 0 amide bonds. The molecule has 3 heteroatoms. The summed E-state index contributed by atoms with van der Waals surface area (Å²) in [4.78, 5) is 3.65. The van der Waals surface area contributed by atoms with Crippen LogP contribution in [0.3, 0.4) is 0 Å². The van der Waals surface area contributed by atoms with Gasteiger partial charge in [-0.25, -0.2) is 0 Å². The van der Waals surface area contributed by atoms with Gasteiger partial charge in [0.25, 0.3) is 0 Å². The van der Waals surface area contributed by atoms with E-state index in [-0.39, 0.29) is 0 Å². The van der Waals surface area contributed by atoms with Gasteiger partial charge in [-0.1, -0.05) is 30.3 Å². The summed E-state index contributed by atoms with van der Waals surface area (Å²) in [6.07, 6.45) is 1.07. The molecule has 2 heterocycles. The number of fused-ring (bicyclic) bond motifs is 1. The van der Waals surface area contributed by atoms with E-state index in [4.69, 9.17) is 5.41 Å². The first-order chi connectivity index (χ1) is 8.34. The van der Waals surface area contributed by atoms with Crippen LogP contribution < -0.4 is 0 Å². The molecule has 17 heavy (non-hydrogen) atoms. The minimum absolute atomic E-state index is 0.641. The third kappa shape index (κ3) is 1.98. The standard InChI is InChI=1S/C14H14N2S/c15-14(11-4-2-1-3-5-11)16-8-6-13-12(10-16)7-9-17-13/h1-5,7,9,15H,6,8,10H2. The lowest BCUT2D eigenvalue weighted by Gasteiger charge is -2.29. The predicted molar refractivity (Wildman–Crippen MR) is 71.7 cm³/mol. The second kappa shape index (κ2) is 4.34. The first-order valence-electron chi connectivity index (χ1n) is 5.79. The van der Waals surface area contributed by atoms with E-state index < -0.39 is 0 Å². The van der Waals surface area contributed by atoms with Crippen LogP contribution in [0.25, 0.3) is 0 Å². The number of benzene rings is 1. The van der Waals surface area contributed by atoms with E-state index in [1.54, 1.807) is 0 Å². The molecule has 0 radical (unpaired) electrons. The molecule has 0 spiro atoms. The molecule has 86 valence electrons. The molecular weight excluding hydrogens is 228 g/mol. The van der Waals surface area contributed by atoms with E-state index in [0.29, 0.717) is 5.84 Å². The highest BCUT2D eigenvalue weighted by Crippen LogP contribution is 2.24. The number of nitrogens with one attached hydrogen (secondary N) is 1. The molecule has 1 aliphatic rings. The Bertz CT molecular complexity index is 530. The minimum Gasteiger partial charge on any atom is -0.352 e. The highest BCUT2D eigenvalue weighted by molar-refractivity contribution is 7.10. The Labute approximate surface area is 105 Å². The van der Waals surface area contributed by atoms with Crippen LogP contribution in [0.5, 0.6) is 0 Å². The number of rotatable bonds is 1. The number of thiophene rings is 1. The summed E-state index contributed by atoms with van der Waals surface area (Å²) < 4.78 is 0. The average molecular weight is 242 g/mol. The van der Waals surface area contributed by atoms with E-state index in [1.807, 2.05) is 41.7 Å². The van der Waals surface area contributed by atoms with E-state index in [9.17, 15) is 0 Å². The smallest absolute Gasteiger partial charge is 0.128 e. The maximum atomic E-state index is 8.25. The van der Waals surface area contributed by atoms with Crippen LogP contribution in [0.1, 0.15) is 16.0 Å².